The van der Waals surface area contributed by atoms with Gasteiger partial charge in [0.25, 0.3) is 0 Å². The zero-order valence-corrected chi connectivity index (χ0v) is 15.0. The Morgan fingerprint density at radius 3 is 2.29 bits per heavy atom. The van der Waals surface area contributed by atoms with Crippen LogP contribution in [0.15, 0.2) is 0 Å². The molecule has 0 amide bonds. The molecule has 95 valence electrons. The van der Waals surface area contributed by atoms with E-state index in [1.54, 1.807) is 12.8 Å². The van der Waals surface area contributed by atoms with Gasteiger partial charge in [-0.15, -0.1) is 9.24 Å². The van der Waals surface area contributed by atoms with Crippen molar-refractivity contribution in [1.82, 2.24) is 0 Å². The van der Waals surface area contributed by atoms with E-state index in [2.05, 4.69) is 16.2 Å². The van der Waals surface area contributed by atoms with Crippen LogP contribution in [-0.4, -0.2) is 5.66 Å². The molecule has 0 bridgehead atoms. The van der Waals surface area contributed by atoms with Gasteiger partial charge in [-0.2, -0.15) is 5.92 Å². The zero-order valence-electron chi connectivity index (χ0n) is 11.0. The molecule has 3 saturated carbocycles. The van der Waals surface area contributed by atoms with Gasteiger partial charge in [-0.05, 0) is 43.4 Å². The van der Waals surface area contributed by atoms with Crippen LogP contribution in [0.5, 0.6) is 0 Å². The molecule has 0 aromatic rings. The third-order valence-corrected chi connectivity index (χ3v) is 6.70. The van der Waals surface area contributed by atoms with Crippen molar-refractivity contribution in [2.24, 2.45) is 29.6 Å². The second kappa shape index (κ2) is 6.32. The summed E-state index contributed by atoms with van der Waals surface area (Å²) in [5.74, 6) is 4.94. The molecule has 17 heavy (non-hydrogen) atoms. The van der Waals surface area contributed by atoms with Crippen LogP contribution in [0, 0.1) is 36.5 Å². The van der Waals surface area contributed by atoms with Gasteiger partial charge in [-0.25, -0.2) is 0 Å². The normalized spacial score (nSPS) is 49.8. The average molecular weight is 326 g/mol. The fraction of sp³-hybridized carbons (Fsp3) is 0.933. The maximum Gasteiger partial charge on any atom is 0 e. The van der Waals surface area contributed by atoms with Crippen molar-refractivity contribution >= 4 is 9.24 Å². The Hall–Kier alpha value is 1.53. The molecule has 0 saturated heterocycles. The molecule has 0 N–H and O–H groups in total. The number of rotatable bonds is 0. The Morgan fingerprint density at radius 1 is 0.765 bits per heavy atom. The minimum absolute atomic E-state index is 0. The minimum Gasteiger partial charge on any atom is -0.339 e. The van der Waals surface area contributed by atoms with Crippen LogP contribution in [0.3, 0.4) is 0 Å². The summed E-state index contributed by atoms with van der Waals surface area (Å²) in [6.45, 7) is 4.48. The second-order valence-corrected chi connectivity index (χ2v) is 7.37. The third-order valence-electron chi connectivity index (χ3n) is 5.87. The molecular weight excluding hydrogens is 300 g/mol. The van der Waals surface area contributed by atoms with E-state index in [0.29, 0.717) is 0 Å². The molecule has 0 heterocycles. The van der Waals surface area contributed by atoms with Gasteiger partial charge in [0, 0.05) is 32.7 Å². The molecule has 0 aromatic carbocycles. The molecule has 0 nitrogen and oxygen atoms in total. The van der Waals surface area contributed by atoms with E-state index in [4.69, 9.17) is 0 Å². The SMILES string of the molecule is [CH2-]C1C(P)CCC2C3CCCCC3CCC12.[Y]. The molecule has 0 aliphatic heterocycles. The average Bonchev–Trinajstić information content (AvgIpc) is 2.33. The van der Waals surface area contributed by atoms with E-state index >= 15 is 0 Å². The molecular formula is C15H26PY-. The van der Waals surface area contributed by atoms with Crippen molar-refractivity contribution in [2.45, 2.75) is 57.0 Å². The Bertz CT molecular complexity index is 251. The Kier molecular flexibility index (Phi) is 5.55. The van der Waals surface area contributed by atoms with Crippen LogP contribution >= 0.6 is 9.24 Å². The Labute approximate surface area is 135 Å². The molecule has 3 aliphatic carbocycles. The smallest absolute Gasteiger partial charge is 0 e. The monoisotopic (exact) mass is 326 g/mol. The molecule has 0 spiro atoms. The number of fused-ring (bicyclic) bond motifs is 3. The molecule has 3 aliphatic rings. The van der Waals surface area contributed by atoms with Crippen molar-refractivity contribution in [3.63, 3.8) is 0 Å². The number of hydrogen-bond donors (Lipinski definition) is 0. The van der Waals surface area contributed by atoms with Crippen molar-refractivity contribution in [3.05, 3.63) is 6.92 Å². The minimum atomic E-state index is 0. The first kappa shape index (κ1) is 14.9. The van der Waals surface area contributed by atoms with Gasteiger partial charge in [-0.1, -0.05) is 37.3 Å². The van der Waals surface area contributed by atoms with Gasteiger partial charge in [0.2, 0.25) is 0 Å². The predicted molar refractivity (Wildman–Crippen MR) is 73.2 cm³/mol. The Morgan fingerprint density at radius 2 is 1.47 bits per heavy atom. The van der Waals surface area contributed by atoms with Gasteiger partial charge >= 0.3 is 0 Å². The summed E-state index contributed by atoms with van der Waals surface area (Å²) in [5, 5.41) is 0. The Balaban J connectivity index is 0.00000108. The fourth-order valence-corrected chi connectivity index (χ4v) is 5.45. The first-order valence-corrected chi connectivity index (χ1v) is 8.02. The summed E-state index contributed by atoms with van der Waals surface area (Å²) < 4.78 is 0. The van der Waals surface area contributed by atoms with E-state index < -0.39 is 0 Å². The molecule has 7 unspecified atom stereocenters. The molecule has 7 atom stereocenters. The van der Waals surface area contributed by atoms with Crippen LogP contribution in [0.4, 0.5) is 0 Å². The van der Waals surface area contributed by atoms with Crippen molar-refractivity contribution in [1.29, 1.82) is 0 Å². The molecule has 1 radical (unpaired) electrons. The third kappa shape index (κ3) is 2.85. The summed E-state index contributed by atoms with van der Waals surface area (Å²) in [6, 6.07) is 0. The van der Waals surface area contributed by atoms with E-state index in [9.17, 15) is 0 Å². The summed E-state index contributed by atoms with van der Waals surface area (Å²) in [5.41, 5.74) is 0.807. The first-order chi connectivity index (χ1) is 7.77. The van der Waals surface area contributed by atoms with E-state index in [1.165, 1.54) is 38.5 Å². The van der Waals surface area contributed by atoms with E-state index in [0.717, 1.165) is 35.2 Å². The summed E-state index contributed by atoms with van der Waals surface area (Å²) in [6.07, 6.45) is 12.0. The summed E-state index contributed by atoms with van der Waals surface area (Å²) >= 11 is 0. The predicted octanol–water partition coefficient (Wildman–Crippen LogP) is 4.30. The zero-order chi connectivity index (χ0) is 11.1. The van der Waals surface area contributed by atoms with Crippen LogP contribution in [0.2, 0.25) is 0 Å². The van der Waals surface area contributed by atoms with Crippen LogP contribution in [0.1, 0.15) is 51.4 Å². The van der Waals surface area contributed by atoms with Gasteiger partial charge in [0.1, 0.15) is 0 Å². The van der Waals surface area contributed by atoms with E-state index in [-0.39, 0.29) is 32.7 Å². The van der Waals surface area contributed by atoms with Gasteiger partial charge < -0.3 is 6.92 Å². The van der Waals surface area contributed by atoms with Gasteiger partial charge in [0.15, 0.2) is 0 Å². The standard InChI is InChI=1S/C15H26P.Y/c1-10-12-7-6-11-4-2-3-5-13(11)14(12)8-9-15(10)16;/h10-15H,1-9,16H2;/q-1;. The topological polar surface area (TPSA) is 0 Å². The van der Waals surface area contributed by atoms with Crippen LogP contribution < -0.4 is 0 Å². The van der Waals surface area contributed by atoms with Gasteiger partial charge in [0.05, 0.1) is 0 Å². The van der Waals surface area contributed by atoms with Crippen molar-refractivity contribution < 1.29 is 32.7 Å². The summed E-state index contributed by atoms with van der Waals surface area (Å²) in [7, 11) is 3.06. The summed E-state index contributed by atoms with van der Waals surface area (Å²) in [4.78, 5) is 0. The largest absolute Gasteiger partial charge is 0.339 e. The fourth-order valence-electron chi connectivity index (χ4n) is 4.97. The van der Waals surface area contributed by atoms with Crippen molar-refractivity contribution in [3.8, 4) is 0 Å². The van der Waals surface area contributed by atoms with Gasteiger partial charge in [-0.3, -0.25) is 0 Å². The van der Waals surface area contributed by atoms with Crippen LogP contribution in [0.25, 0.3) is 0 Å². The maximum atomic E-state index is 4.48. The molecule has 3 rings (SSSR count). The quantitative estimate of drug-likeness (QED) is 0.460. The number of hydrogen-bond acceptors (Lipinski definition) is 0. The van der Waals surface area contributed by atoms with E-state index in [1.807, 2.05) is 0 Å². The molecule has 0 aromatic heterocycles. The first-order valence-electron chi connectivity index (χ1n) is 7.36. The van der Waals surface area contributed by atoms with Crippen LogP contribution in [-0.2, 0) is 32.7 Å². The van der Waals surface area contributed by atoms with Crippen molar-refractivity contribution in [2.75, 3.05) is 0 Å². The molecule has 3 fully saturated rings. The molecule has 2 heteroatoms. The second-order valence-electron chi connectivity index (χ2n) is 6.52. The maximum absolute atomic E-state index is 4.48.